The number of benzene rings is 1. The zero-order valence-electron chi connectivity index (χ0n) is 9.36. The van der Waals surface area contributed by atoms with Gasteiger partial charge in [0, 0.05) is 19.0 Å². The summed E-state index contributed by atoms with van der Waals surface area (Å²) in [6.45, 7) is 1.23. The molecular weight excluding hydrogens is 198 g/mol. The molecule has 0 N–H and O–H groups in total. The van der Waals surface area contributed by atoms with Gasteiger partial charge in [-0.1, -0.05) is 18.2 Å². The minimum absolute atomic E-state index is 0.290. The van der Waals surface area contributed by atoms with Gasteiger partial charge < -0.3 is 4.74 Å². The van der Waals surface area contributed by atoms with Gasteiger partial charge in [0.2, 0.25) is 0 Å². The Hall–Kier alpha value is -1.02. The van der Waals surface area contributed by atoms with Crippen LogP contribution in [0, 0.1) is 12.0 Å². The Balaban J connectivity index is 1.56. The van der Waals surface area contributed by atoms with Gasteiger partial charge in [-0.15, -0.1) is 0 Å². The van der Waals surface area contributed by atoms with E-state index in [1.807, 2.05) is 0 Å². The largest absolute Gasteiger partial charge is 0.474 e. The van der Waals surface area contributed by atoms with Gasteiger partial charge in [-0.25, -0.2) is 0 Å². The lowest BCUT2D eigenvalue weighted by molar-refractivity contribution is 0.0501. The van der Waals surface area contributed by atoms with Crippen LogP contribution >= 0.6 is 0 Å². The van der Waals surface area contributed by atoms with E-state index in [1.165, 1.54) is 31.4 Å². The predicted molar refractivity (Wildman–Crippen MR) is 61.9 cm³/mol. The van der Waals surface area contributed by atoms with E-state index in [0.717, 1.165) is 18.1 Å². The van der Waals surface area contributed by atoms with Gasteiger partial charge in [-0.3, -0.25) is 4.90 Å². The fraction of sp³-hybridized carbons (Fsp3) is 0.500. The summed E-state index contributed by atoms with van der Waals surface area (Å²) in [5, 5.41) is 0. The van der Waals surface area contributed by atoms with Gasteiger partial charge in [0.25, 0.3) is 0 Å². The summed E-state index contributed by atoms with van der Waals surface area (Å²) >= 11 is 0. The highest BCUT2D eigenvalue weighted by molar-refractivity contribution is 5.37. The van der Waals surface area contributed by atoms with E-state index in [0.29, 0.717) is 0 Å². The summed E-state index contributed by atoms with van der Waals surface area (Å²) in [6.07, 6.45) is 5.40. The van der Waals surface area contributed by atoms with Crippen molar-refractivity contribution in [3.8, 4) is 5.75 Å². The summed E-state index contributed by atoms with van der Waals surface area (Å²) < 4.78 is 6.05. The SMILES string of the molecule is c1ccc2c(c1)CC(N1CC3CC[C]1C3)O2. The summed E-state index contributed by atoms with van der Waals surface area (Å²) in [5.41, 5.74) is 1.37. The second kappa shape index (κ2) is 3.24. The Morgan fingerprint density at radius 2 is 2.12 bits per heavy atom. The van der Waals surface area contributed by atoms with Crippen molar-refractivity contribution in [2.75, 3.05) is 6.54 Å². The fourth-order valence-electron chi connectivity index (χ4n) is 3.39. The average molecular weight is 214 g/mol. The molecule has 1 saturated carbocycles. The minimum Gasteiger partial charge on any atom is -0.474 e. The molecule has 1 saturated heterocycles. The number of fused-ring (bicyclic) bond motifs is 3. The van der Waals surface area contributed by atoms with Crippen molar-refractivity contribution in [3.05, 3.63) is 35.9 Å². The fourth-order valence-corrected chi connectivity index (χ4v) is 3.39. The molecule has 0 aromatic heterocycles. The van der Waals surface area contributed by atoms with Gasteiger partial charge in [-0.05, 0) is 36.8 Å². The zero-order chi connectivity index (χ0) is 10.5. The summed E-state index contributed by atoms with van der Waals surface area (Å²) in [7, 11) is 0. The smallest absolute Gasteiger partial charge is 0.157 e. The van der Waals surface area contributed by atoms with Crippen LogP contribution in [0.4, 0.5) is 0 Å². The van der Waals surface area contributed by atoms with Crippen LogP contribution in [0.1, 0.15) is 24.8 Å². The zero-order valence-corrected chi connectivity index (χ0v) is 9.36. The van der Waals surface area contributed by atoms with Crippen molar-refractivity contribution < 1.29 is 4.74 Å². The number of nitrogens with zero attached hydrogens (tertiary/aromatic N) is 1. The van der Waals surface area contributed by atoms with E-state index in [4.69, 9.17) is 4.74 Å². The Morgan fingerprint density at radius 3 is 2.88 bits per heavy atom. The van der Waals surface area contributed by atoms with Crippen molar-refractivity contribution in [1.82, 2.24) is 4.90 Å². The molecule has 1 aliphatic carbocycles. The molecule has 0 amide bonds. The van der Waals surface area contributed by atoms with Crippen LogP contribution in [-0.2, 0) is 6.42 Å². The van der Waals surface area contributed by atoms with Crippen molar-refractivity contribution in [1.29, 1.82) is 0 Å². The third-order valence-electron chi connectivity index (χ3n) is 4.20. The Morgan fingerprint density at radius 1 is 1.19 bits per heavy atom. The monoisotopic (exact) mass is 214 g/mol. The molecule has 1 aromatic carbocycles. The Bertz CT molecular complexity index is 392. The molecule has 16 heavy (non-hydrogen) atoms. The molecule has 83 valence electrons. The topological polar surface area (TPSA) is 12.5 Å². The molecular formula is C14H16NO. The van der Waals surface area contributed by atoms with Crippen LogP contribution in [0.25, 0.3) is 0 Å². The quantitative estimate of drug-likeness (QED) is 0.712. The molecule has 2 fully saturated rings. The molecule has 2 nitrogen and oxygen atoms in total. The van der Waals surface area contributed by atoms with E-state index < -0.39 is 0 Å². The van der Waals surface area contributed by atoms with E-state index in [-0.39, 0.29) is 6.23 Å². The second-order valence-corrected chi connectivity index (χ2v) is 5.21. The maximum Gasteiger partial charge on any atom is 0.157 e. The first-order chi connectivity index (χ1) is 7.90. The van der Waals surface area contributed by atoms with Gasteiger partial charge >= 0.3 is 0 Å². The van der Waals surface area contributed by atoms with Gasteiger partial charge in [-0.2, -0.15) is 0 Å². The lowest BCUT2D eigenvalue weighted by Crippen LogP contribution is -2.40. The number of hydrogen-bond acceptors (Lipinski definition) is 2. The van der Waals surface area contributed by atoms with E-state index in [2.05, 4.69) is 29.2 Å². The molecule has 3 aliphatic rings. The lowest BCUT2D eigenvalue weighted by Gasteiger charge is -2.31. The van der Waals surface area contributed by atoms with Crippen LogP contribution in [-0.4, -0.2) is 17.7 Å². The first-order valence-electron chi connectivity index (χ1n) is 6.26. The molecule has 2 unspecified atom stereocenters. The van der Waals surface area contributed by atoms with Crippen LogP contribution in [0.3, 0.4) is 0 Å². The molecule has 4 rings (SSSR count). The summed E-state index contributed by atoms with van der Waals surface area (Å²) in [4.78, 5) is 2.52. The molecule has 0 spiro atoms. The van der Waals surface area contributed by atoms with Crippen LogP contribution in [0.15, 0.2) is 24.3 Å². The second-order valence-electron chi connectivity index (χ2n) is 5.21. The van der Waals surface area contributed by atoms with Crippen LogP contribution < -0.4 is 4.74 Å². The lowest BCUT2D eigenvalue weighted by atomic mass is 10.1. The first kappa shape index (κ1) is 9.06. The maximum absolute atomic E-state index is 6.05. The van der Waals surface area contributed by atoms with Gasteiger partial charge in [0.15, 0.2) is 6.23 Å². The van der Waals surface area contributed by atoms with Crippen LogP contribution in [0.5, 0.6) is 5.75 Å². The van der Waals surface area contributed by atoms with Crippen molar-refractivity contribution in [2.24, 2.45) is 5.92 Å². The average Bonchev–Trinajstić information content (AvgIpc) is 3.02. The number of para-hydroxylation sites is 1. The molecule has 2 atom stereocenters. The maximum atomic E-state index is 6.05. The summed E-state index contributed by atoms with van der Waals surface area (Å²) in [6, 6.07) is 10.1. The Kier molecular flexibility index (Phi) is 1.83. The first-order valence-corrected chi connectivity index (χ1v) is 6.26. The van der Waals surface area contributed by atoms with Crippen molar-refractivity contribution >= 4 is 0 Å². The third-order valence-corrected chi connectivity index (χ3v) is 4.20. The predicted octanol–water partition coefficient (Wildman–Crippen LogP) is 2.60. The normalized spacial score (nSPS) is 33.0. The molecule has 1 aromatic rings. The number of piperidine rings is 1. The van der Waals surface area contributed by atoms with Gasteiger partial charge in [0.1, 0.15) is 5.75 Å². The molecule has 2 heterocycles. The minimum atomic E-state index is 0.290. The van der Waals surface area contributed by atoms with Crippen molar-refractivity contribution in [2.45, 2.75) is 31.9 Å². The highest BCUT2D eigenvalue weighted by atomic mass is 16.5. The van der Waals surface area contributed by atoms with E-state index in [1.54, 1.807) is 6.04 Å². The molecule has 2 aliphatic heterocycles. The van der Waals surface area contributed by atoms with Crippen LogP contribution in [0.2, 0.25) is 0 Å². The number of likely N-dealkylation sites (tertiary alicyclic amines) is 1. The number of rotatable bonds is 1. The molecule has 2 heteroatoms. The number of hydrogen-bond donors (Lipinski definition) is 0. The highest BCUT2D eigenvalue weighted by Crippen LogP contribution is 2.45. The Labute approximate surface area is 96.2 Å². The van der Waals surface area contributed by atoms with Gasteiger partial charge in [0.05, 0.1) is 0 Å². The summed E-state index contributed by atoms with van der Waals surface area (Å²) in [5.74, 6) is 2.01. The highest BCUT2D eigenvalue weighted by Gasteiger charge is 2.43. The van der Waals surface area contributed by atoms with E-state index in [9.17, 15) is 0 Å². The van der Waals surface area contributed by atoms with Crippen molar-refractivity contribution in [3.63, 3.8) is 0 Å². The molecule has 1 radical (unpaired) electrons. The standard InChI is InChI=1S/C14H16NO/c1-2-4-13-11(3-1)8-14(16-13)15-9-10-5-6-12(15)7-10/h1-4,10,14H,5-9H2. The molecule has 2 bridgehead atoms. The number of ether oxygens (including phenoxy) is 1. The van der Waals surface area contributed by atoms with E-state index >= 15 is 0 Å². The third kappa shape index (κ3) is 1.23.